The molecule has 2 rings (SSSR count). The first kappa shape index (κ1) is 13.8. The van der Waals surface area contributed by atoms with Crippen LogP contribution in [0.4, 0.5) is 0 Å². The smallest absolute Gasteiger partial charge is 0.129 e. The average Bonchev–Trinajstić information content (AvgIpc) is 2.81. The van der Waals surface area contributed by atoms with Gasteiger partial charge in [-0.1, -0.05) is 12.5 Å². The highest BCUT2D eigenvalue weighted by Crippen LogP contribution is 2.30. The Kier molecular flexibility index (Phi) is 5.03. The van der Waals surface area contributed by atoms with E-state index in [0.717, 1.165) is 29.5 Å². The third kappa shape index (κ3) is 3.46. The molecule has 0 amide bonds. The lowest BCUT2D eigenvalue weighted by atomic mass is 9.97. The molecule has 2 atom stereocenters. The van der Waals surface area contributed by atoms with Crippen molar-refractivity contribution in [3.8, 4) is 5.75 Å². The van der Waals surface area contributed by atoms with Gasteiger partial charge in [-0.2, -0.15) is 0 Å². The molecule has 1 aromatic carbocycles. The lowest BCUT2D eigenvalue weighted by Crippen LogP contribution is -2.26. The maximum atomic E-state index is 9.41. The summed E-state index contributed by atoms with van der Waals surface area (Å²) < 4.78 is 0.732. The van der Waals surface area contributed by atoms with Crippen LogP contribution in [0.1, 0.15) is 24.8 Å². The average molecular weight is 314 g/mol. The minimum absolute atomic E-state index is 0.273. The third-order valence-electron chi connectivity index (χ3n) is 3.80. The zero-order valence-corrected chi connectivity index (χ0v) is 12.0. The summed E-state index contributed by atoms with van der Waals surface area (Å²) >= 11 is 3.31. The first-order valence-electron chi connectivity index (χ1n) is 6.49. The molecule has 100 valence electrons. The van der Waals surface area contributed by atoms with Crippen molar-refractivity contribution in [2.45, 2.75) is 25.8 Å². The van der Waals surface area contributed by atoms with Crippen LogP contribution in [0, 0.1) is 11.8 Å². The summed E-state index contributed by atoms with van der Waals surface area (Å²) in [6.07, 6.45) is 3.62. The van der Waals surface area contributed by atoms with Gasteiger partial charge >= 0.3 is 0 Å². The Hall–Kier alpha value is -0.580. The predicted molar refractivity (Wildman–Crippen MR) is 75.4 cm³/mol. The molecule has 1 aromatic rings. The maximum absolute atomic E-state index is 9.41. The van der Waals surface area contributed by atoms with Gasteiger partial charge in [-0.25, -0.2) is 0 Å². The van der Waals surface area contributed by atoms with Gasteiger partial charge in [0.15, 0.2) is 0 Å². The number of phenols is 1. The molecule has 3 N–H and O–H groups in total. The number of rotatable bonds is 5. The molecule has 0 aromatic heterocycles. The summed E-state index contributed by atoms with van der Waals surface area (Å²) in [5.41, 5.74) is 1.15. The quantitative estimate of drug-likeness (QED) is 0.783. The molecule has 1 aliphatic carbocycles. The monoisotopic (exact) mass is 313 g/mol. The van der Waals surface area contributed by atoms with Crippen LogP contribution in [0.2, 0.25) is 0 Å². The Morgan fingerprint density at radius 2 is 2.06 bits per heavy atom. The van der Waals surface area contributed by atoms with E-state index < -0.39 is 0 Å². The minimum atomic E-state index is 0.273. The first-order valence-corrected chi connectivity index (χ1v) is 7.29. The van der Waals surface area contributed by atoms with Crippen LogP contribution in [-0.2, 0) is 6.54 Å². The van der Waals surface area contributed by atoms with Crippen molar-refractivity contribution < 1.29 is 10.2 Å². The van der Waals surface area contributed by atoms with Crippen molar-refractivity contribution in [1.82, 2.24) is 5.32 Å². The molecule has 1 saturated carbocycles. The number of halogens is 1. The van der Waals surface area contributed by atoms with Gasteiger partial charge in [0, 0.05) is 13.2 Å². The van der Waals surface area contributed by atoms with E-state index in [4.69, 9.17) is 0 Å². The normalized spacial score (nSPS) is 23.4. The number of phenolic OH excluding ortho intramolecular Hbond substituents is 1. The van der Waals surface area contributed by atoms with E-state index >= 15 is 0 Å². The summed E-state index contributed by atoms with van der Waals surface area (Å²) in [6, 6.07) is 5.55. The number of nitrogens with one attached hydrogen (secondary N) is 1. The molecule has 1 aliphatic rings. The van der Waals surface area contributed by atoms with Crippen LogP contribution in [0.3, 0.4) is 0 Å². The topological polar surface area (TPSA) is 52.5 Å². The van der Waals surface area contributed by atoms with Crippen molar-refractivity contribution in [3.05, 3.63) is 28.2 Å². The van der Waals surface area contributed by atoms with Gasteiger partial charge < -0.3 is 15.5 Å². The number of hydrogen-bond donors (Lipinski definition) is 3. The summed E-state index contributed by atoms with van der Waals surface area (Å²) in [5, 5.41) is 22.1. The summed E-state index contributed by atoms with van der Waals surface area (Å²) in [7, 11) is 0. The largest absolute Gasteiger partial charge is 0.507 e. The fraction of sp³-hybridized carbons (Fsp3) is 0.571. The van der Waals surface area contributed by atoms with Crippen LogP contribution < -0.4 is 5.32 Å². The van der Waals surface area contributed by atoms with E-state index in [2.05, 4.69) is 21.2 Å². The lowest BCUT2D eigenvalue weighted by Gasteiger charge is -2.17. The standard InChI is InChI=1S/C14H20BrNO2/c15-13-6-10(4-5-14(13)18)7-16-8-11-2-1-3-12(11)9-17/h4-6,11-12,16-18H,1-3,7-9H2. The molecule has 2 unspecified atom stereocenters. The second-order valence-corrected chi connectivity index (χ2v) is 5.90. The predicted octanol–water partition coefficient (Wildman–Crippen LogP) is 2.65. The van der Waals surface area contributed by atoms with E-state index in [9.17, 15) is 10.2 Å². The van der Waals surface area contributed by atoms with Gasteiger partial charge in [-0.05, 0) is 64.8 Å². The number of aromatic hydroxyl groups is 1. The zero-order chi connectivity index (χ0) is 13.0. The molecule has 0 aliphatic heterocycles. The second kappa shape index (κ2) is 6.55. The maximum Gasteiger partial charge on any atom is 0.129 e. The molecule has 0 bridgehead atoms. The molecule has 0 saturated heterocycles. The molecule has 1 fully saturated rings. The molecule has 0 spiro atoms. The van der Waals surface area contributed by atoms with Crippen molar-refractivity contribution >= 4 is 15.9 Å². The van der Waals surface area contributed by atoms with Crippen molar-refractivity contribution in [1.29, 1.82) is 0 Å². The van der Waals surface area contributed by atoms with Crippen molar-refractivity contribution in [3.63, 3.8) is 0 Å². The number of aliphatic hydroxyl groups is 1. The molecule has 18 heavy (non-hydrogen) atoms. The Balaban J connectivity index is 1.79. The third-order valence-corrected chi connectivity index (χ3v) is 4.43. The highest BCUT2D eigenvalue weighted by molar-refractivity contribution is 9.10. The molecule has 4 heteroatoms. The van der Waals surface area contributed by atoms with Gasteiger partial charge in [-0.3, -0.25) is 0 Å². The lowest BCUT2D eigenvalue weighted by molar-refractivity contribution is 0.192. The summed E-state index contributed by atoms with van der Waals surface area (Å²) in [6.45, 7) is 2.08. The second-order valence-electron chi connectivity index (χ2n) is 5.05. The molecule has 0 radical (unpaired) electrons. The Labute approximate surface area is 116 Å². The fourth-order valence-corrected chi connectivity index (χ4v) is 3.11. The van der Waals surface area contributed by atoms with Gasteiger partial charge in [-0.15, -0.1) is 0 Å². The Morgan fingerprint density at radius 1 is 1.28 bits per heavy atom. The molecule has 0 heterocycles. The number of hydrogen-bond acceptors (Lipinski definition) is 3. The van der Waals surface area contributed by atoms with E-state index in [0.29, 0.717) is 18.4 Å². The van der Waals surface area contributed by atoms with Gasteiger partial charge in [0.1, 0.15) is 5.75 Å². The summed E-state index contributed by atoms with van der Waals surface area (Å²) in [4.78, 5) is 0. The van der Waals surface area contributed by atoms with Crippen LogP contribution >= 0.6 is 15.9 Å². The van der Waals surface area contributed by atoms with Gasteiger partial charge in [0.25, 0.3) is 0 Å². The number of benzene rings is 1. The van der Waals surface area contributed by atoms with E-state index in [1.165, 1.54) is 12.8 Å². The van der Waals surface area contributed by atoms with E-state index in [1.54, 1.807) is 6.07 Å². The van der Waals surface area contributed by atoms with Gasteiger partial charge in [0.05, 0.1) is 4.47 Å². The van der Waals surface area contributed by atoms with E-state index in [1.807, 2.05) is 12.1 Å². The zero-order valence-electron chi connectivity index (χ0n) is 10.4. The van der Waals surface area contributed by atoms with Gasteiger partial charge in [0.2, 0.25) is 0 Å². The highest BCUT2D eigenvalue weighted by Gasteiger charge is 2.25. The van der Waals surface area contributed by atoms with Crippen LogP contribution in [0.5, 0.6) is 5.75 Å². The summed E-state index contributed by atoms with van der Waals surface area (Å²) in [5.74, 6) is 1.36. The van der Waals surface area contributed by atoms with Crippen LogP contribution in [0.25, 0.3) is 0 Å². The Bertz CT molecular complexity index is 397. The molecule has 3 nitrogen and oxygen atoms in total. The van der Waals surface area contributed by atoms with Crippen LogP contribution in [-0.4, -0.2) is 23.4 Å². The number of aliphatic hydroxyl groups excluding tert-OH is 1. The SMILES string of the molecule is OCC1CCCC1CNCc1ccc(O)c(Br)c1. The van der Waals surface area contributed by atoms with Crippen molar-refractivity contribution in [2.75, 3.05) is 13.2 Å². The minimum Gasteiger partial charge on any atom is -0.507 e. The first-order chi connectivity index (χ1) is 8.70. The highest BCUT2D eigenvalue weighted by atomic mass is 79.9. The molecular formula is C14H20BrNO2. The van der Waals surface area contributed by atoms with Crippen LogP contribution in [0.15, 0.2) is 22.7 Å². The Morgan fingerprint density at radius 3 is 2.78 bits per heavy atom. The van der Waals surface area contributed by atoms with E-state index in [-0.39, 0.29) is 5.75 Å². The molecular weight excluding hydrogens is 294 g/mol. The fourth-order valence-electron chi connectivity index (χ4n) is 2.68. The van der Waals surface area contributed by atoms with Crippen molar-refractivity contribution in [2.24, 2.45) is 11.8 Å².